The van der Waals surface area contributed by atoms with Gasteiger partial charge in [0.2, 0.25) is 0 Å². The summed E-state index contributed by atoms with van der Waals surface area (Å²) in [6, 6.07) is 21.8. The van der Waals surface area contributed by atoms with Gasteiger partial charge in [-0.3, -0.25) is 0 Å². The highest BCUT2D eigenvalue weighted by Crippen LogP contribution is 2.69. The molecule has 2 aromatic rings. The van der Waals surface area contributed by atoms with Gasteiger partial charge in [-0.15, -0.1) is 0 Å². The fourth-order valence-corrected chi connectivity index (χ4v) is 11.8. The predicted molar refractivity (Wildman–Crippen MR) is 131 cm³/mol. The number of benzene rings is 2. The minimum absolute atomic E-state index is 0.0204. The van der Waals surface area contributed by atoms with E-state index in [2.05, 4.69) is 97.4 Å². The molecule has 166 valence electrons. The molecule has 0 amide bonds. The molecule has 0 bridgehead atoms. The van der Waals surface area contributed by atoms with Gasteiger partial charge in [0.25, 0.3) is 8.32 Å². The molecule has 31 heavy (non-hydrogen) atoms. The van der Waals surface area contributed by atoms with Gasteiger partial charge < -0.3 is 13.9 Å². The minimum Gasteiger partial charge on any atom is -0.401 e. The van der Waals surface area contributed by atoms with Crippen molar-refractivity contribution in [2.45, 2.75) is 70.2 Å². The van der Waals surface area contributed by atoms with Crippen LogP contribution in [0.15, 0.2) is 60.7 Å². The largest absolute Gasteiger partial charge is 0.401 e. The topological polar surface area (TPSA) is 27.7 Å². The molecule has 2 aromatic carbocycles. The molecule has 3 nitrogen and oxygen atoms in total. The summed E-state index contributed by atoms with van der Waals surface area (Å²) in [6.07, 6.45) is 1.25. The van der Waals surface area contributed by atoms with Crippen molar-refractivity contribution >= 4 is 34.6 Å². The van der Waals surface area contributed by atoms with E-state index in [0.717, 1.165) is 11.8 Å². The lowest BCUT2D eigenvalue weighted by Gasteiger charge is -2.45. The molecule has 1 aliphatic heterocycles. The minimum atomic E-state index is -2.63. The first-order valence-corrected chi connectivity index (χ1v) is 14.4. The zero-order chi connectivity index (χ0) is 22.1. The Bertz CT molecular complexity index is 903. The molecule has 5 atom stereocenters. The molecule has 0 radical (unpaired) electrons. The highest BCUT2D eigenvalue weighted by atomic mass is 79.9. The number of hydrogen-bond donors (Lipinski definition) is 0. The van der Waals surface area contributed by atoms with E-state index in [1.165, 1.54) is 10.4 Å². The maximum atomic E-state index is 7.54. The molecular formula is C26H33BrO3Si. The van der Waals surface area contributed by atoms with Crippen LogP contribution in [-0.2, 0) is 13.9 Å². The van der Waals surface area contributed by atoms with E-state index >= 15 is 0 Å². The maximum absolute atomic E-state index is 7.54. The van der Waals surface area contributed by atoms with Gasteiger partial charge in [0.1, 0.15) is 6.10 Å². The van der Waals surface area contributed by atoms with Gasteiger partial charge in [0, 0.05) is 10.7 Å². The second-order valence-electron chi connectivity index (χ2n) is 10.9. The summed E-state index contributed by atoms with van der Waals surface area (Å²) in [6.45, 7) is 11.1. The SMILES string of the molecule is CC1(C)O[C@H]2[C@@H](O[Si](c3ccccc3)(c3ccccc3)C(C)(C)C)[C@H]3CC3(CBr)[C@H]2O1. The summed E-state index contributed by atoms with van der Waals surface area (Å²) < 4.78 is 20.5. The third-order valence-electron chi connectivity index (χ3n) is 7.57. The summed E-state index contributed by atoms with van der Waals surface area (Å²) >= 11 is 3.80. The quantitative estimate of drug-likeness (QED) is 0.433. The van der Waals surface area contributed by atoms with Crippen molar-refractivity contribution in [3.63, 3.8) is 0 Å². The Labute approximate surface area is 195 Å². The summed E-state index contributed by atoms with van der Waals surface area (Å²) in [5.41, 5.74) is 0.133. The van der Waals surface area contributed by atoms with Gasteiger partial charge in [-0.05, 0) is 41.6 Å². The average molecular weight is 502 g/mol. The highest BCUT2D eigenvalue weighted by molar-refractivity contribution is 9.09. The number of hydrogen-bond acceptors (Lipinski definition) is 3. The summed E-state index contributed by atoms with van der Waals surface area (Å²) in [4.78, 5) is 0. The van der Waals surface area contributed by atoms with Gasteiger partial charge in [0.15, 0.2) is 5.79 Å². The van der Waals surface area contributed by atoms with Crippen LogP contribution >= 0.6 is 15.9 Å². The van der Waals surface area contributed by atoms with E-state index in [1.54, 1.807) is 0 Å². The standard InChI is InChI=1S/C26H33BrO3Si/c1-24(2,3)31(18-12-8-6-9-13-18,19-14-10-7-11-15-19)30-21-20-16-26(20,17-27)23-22(21)28-25(4,5)29-23/h6-15,20-23H,16-17H2,1-5H3/t20-,21+,22+,23+,26?/m1/s1. The second kappa shape index (κ2) is 7.26. The van der Waals surface area contributed by atoms with Crippen molar-refractivity contribution in [2.75, 3.05) is 5.33 Å². The lowest BCUT2D eigenvalue weighted by molar-refractivity contribution is -0.165. The second-order valence-corrected chi connectivity index (χ2v) is 15.8. The number of fused-ring (bicyclic) bond motifs is 3. The maximum Gasteiger partial charge on any atom is 0.261 e. The van der Waals surface area contributed by atoms with Crippen LogP contribution < -0.4 is 10.4 Å². The third kappa shape index (κ3) is 3.23. The van der Waals surface area contributed by atoms with Crippen LogP contribution in [0.25, 0.3) is 0 Å². The van der Waals surface area contributed by atoms with Crippen molar-refractivity contribution in [3.8, 4) is 0 Å². The molecule has 2 aliphatic carbocycles. The van der Waals surface area contributed by atoms with E-state index in [1.807, 2.05) is 13.8 Å². The van der Waals surface area contributed by atoms with Gasteiger partial charge in [-0.25, -0.2) is 0 Å². The van der Waals surface area contributed by atoms with Crippen molar-refractivity contribution in [1.29, 1.82) is 0 Å². The Morgan fingerprint density at radius 1 is 0.968 bits per heavy atom. The normalized spacial score (nSPS) is 33.7. The molecule has 1 heterocycles. The van der Waals surface area contributed by atoms with Gasteiger partial charge in [-0.2, -0.15) is 0 Å². The first-order valence-electron chi connectivity index (χ1n) is 11.4. The summed E-state index contributed by atoms with van der Waals surface area (Å²) in [5, 5.41) is 3.53. The fourth-order valence-electron chi connectivity index (χ4n) is 6.10. The monoisotopic (exact) mass is 500 g/mol. The van der Waals surface area contributed by atoms with E-state index in [4.69, 9.17) is 13.9 Å². The van der Waals surface area contributed by atoms with Crippen LogP contribution in [-0.4, -0.2) is 37.7 Å². The summed E-state index contributed by atoms with van der Waals surface area (Å²) in [5.74, 6) is -0.0925. The number of rotatable bonds is 5. The van der Waals surface area contributed by atoms with Gasteiger partial charge in [0.05, 0.1) is 12.2 Å². The average Bonchev–Trinajstić information content (AvgIpc) is 3.31. The van der Waals surface area contributed by atoms with Crippen LogP contribution in [0, 0.1) is 11.3 Å². The Balaban J connectivity index is 1.64. The Kier molecular flexibility index (Phi) is 5.11. The van der Waals surface area contributed by atoms with Crippen molar-refractivity contribution in [2.24, 2.45) is 11.3 Å². The van der Waals surface area contributed by atoms with Gasteiger partial charge in [-0.1, -0.05) is 97.4 Å². The smallest absolute Gasteiger partial charge is 0.261 e. The van der Waals surface area contributed by atoms with Crippen LogP contribution in [0.2, 0.25) is 5.04 Å². The zero-order valence-electron chi connectivity index (χ0n) is 19.1. The molecule has 3 aliphatic rings. The number of halogens is 1. The Morgan fingerprint density at radius 3 is 2.00 bits per heavy atom. The molecule has 0 N–H and O–H groups in total. The molecule has 1 saturated heterocycles. The first-order chi connectivity index (χ1) is 14.6. The molecule has 5 rings (SSSR count). The number of alkyl halides is 1. The fraction of sp³-hybridized carbons (Fsp3) is 0.538. The molecule has 3 fully saturated rings. The molecule has 1 unspecified atom stereocenters. The van der Waals surface area contributed by atoms with E-state index < -0.39 is 14.1 Å². The predicted octanol–water partition coefficient (Wildman–Crippen LogP) is 4.87. The number of ether oxygens (including phenoxy) is 2. The lowest BCUT2D eigenvalue weighted by Crippen LogP contribution is -2.68. The van der Waals surface area contributed by atoms with Crippen molar-refractivity contribution < 1.29 is 13.9 Å². The third-order valence-corrected chi connectivity index (χ3v) is 13.6. The molecular weight excluding hydrogens is 468 g/mol. The van der Waals surface area contributed by atoms with Gasteiger partial charge >= 0.3 is 0 Å². The van der Waals surface area contributed by atoms with E-state index in [9.17, 15) is 0 Å². The van der Waals surface area contributed by atoms with Crippen molar-refractivity contribution in [1.82, 2.24) is 0 Å². The Hall–Kier alpha value is -0.983. The first kappa shape index (κ1) is 21.8. The lowest BCUT2D eigenvalue weighted by atomic mass is 10.0. The highest BCUT2D eigenvalue weighted by Gasteiger charge is 2.76. The molecule has 5 heteroatoms. The van der Waals surface area contributed by atoms with E-state index in [-0.39, 0.29) is 28.8 Å². The van der Waals surface area contributed by atoms with Crippen LogP contribution in [0.3, 0.4) is 0 Å². The van der Waals surface area contributed by atoms with Crippen LogP contribution in [0.1, 0.15) is 41.0 Å². The summed E-state index contributed by atoms with van der Waals surface area (Å²) in [7, 11) is -2.63. The van der Waals surface area contributed by atoms with E-state index in [0.29, 0.717) is 5.92 Å². The Morgan fingerprint density at radius 2 is 1.52 bits per heavy atom. The zero-order valence-corrected chi connectivity index (χ0v) is 21.7. The molecule has 0 spiro atoms. The molecule has 2 saturated carbocycles. The van der Waals surface area contributed by atoms with Crippen molar-refractivity contribution in [3.05, 3.63) is 60.7 Å². The molecule has 0 aromatic heterocycles. The van der Waals surface area contributed by atoms with Crippen LogP contribution in [0.4, 0.5) is 0 Å². The van der Waals surface area contributed by atoms with Crippen LogP contribution in [0.5, 0.6) is 0 Å².